The molecule has 0 amide bonds. The molecule has 0 aromatic carbocycles. The monoisotopic (exact) mass is 252 g/mol. The van der Waals surface area contributed by atoms with Gasteiger partial charge in [-0.25, -0.2) is 0 Å². The molecule has 1 saturated heterocycles. The van der Waals surface area contributed by atoms with Crippen molar-refractivity contribution in [2.24, 2.45) is 0 Å². The minimum atomic E-state index is -0.771. The molecule has 1 aromatic heterocycles. The third-order valence-electron chi connectivity index (χ3n) is 3.60. The molecule has 0 saturated carbocycles. The maximum Gasteiger partial charge on any atom is 0.322 e. The van der Waals surface area contributed by atoms with Gasteiger partial charge in [0.05, 0.1) is 0 Å². The van der Waals surface area contributed by atoms with Gasteiger partial charge < -0.3 is 14.8 Å². The topological polar surface area (TPSA) is 65.7 Å². The van der Waals surface area contributed by atoms with Crippen LogP contribution in [0.3, 0.4) is 0 Å². The van der Waals surface area contributed by atoms with E-state index in [2.05, 4.69) is 5.32 Å². The molecule has 2 N–H and O–H groups in total. The van der Waals surface area contributed by atoms with Crippen LogP contribution in [0.15, 0.2) is 10.5 Å². The predicted octanol–water partition coefficient (Wildman–Crippen LogP) is 1.32. The number of piperazine rings is 1. The summed E-state index contributed by atoms with van der Waals surface area (Å²) in [7, 11) is 0. The average molecular weight is 252 g/mol. The smallest absolute Gasteiger partial charge is 0.322 e. The highest BCUT2D eigenvalue weighted by atomic mass is 16.4. The third-order valence-corrected chi connectivity index (χ3v) is 3.60. The number of rotatable bonds is 3. The highest BCUT2D eigenvalue weighted by Crippen LogP contribution is 2.28. The highest BCUT2D eigenvalue weighted by Gasteiger charge is 2.33. The lowest BCUT2D eigenvalue weighted by Gasteiger charge is -2.37. The summed E-state index contributed by atoms with van der Waals surface area (Å²) in [6, 6.07) is 1.59. The van der Waals surface area contributed by atoms with Gasteiger partial charge in [-0.15, -0.1) is 0 Å². The minimum absolute atomic E-state index is 0.0608. The SMILES string of the molecule is Cc1cc(C(C)N2CCNCC2C(=O)O)c(C)o1. The first-order valence-electron chi connectivity index (χ1n) is 6.27. The van der Waals surface area contributed by atoms with E-state index in [0.717, 1.165) is 30.2 Å². The molecule has 2 atom stereocenters. The molecule has 0 aliphatic carbocycles. The zero-order valence-electron chi connectivity index (χ0n) is 11.1. The number of nitrogens with zero attached hydrogens (tertiary/aromatic N) is 1. The van der Waals surface area contributed by atoms with Crippen molar-refractivity contribution in [3.63, 3.8) is 0 Å². The molecule has 0 spiro atoms. The fourth-order valence-electron chi connectivity index (χ4n) is 2.66. The Bertz CT molecular complexity index is 441. The van der Waals surface area contributed by atoms with E-state index in [1.165, 1.54) is 0 Å². The van der Waals surface area contributed by atoms with E-state index in [1.807, 2.05) is 31.7 Å². The number of hydrogen-bond donors (Lipinski definition) is 2. The number of carbonyl (C=O) groups is 1. The average Bonchev–Trinajstić information content (AvgIpc) is 2.67. The van der Waals surface area contributed by atoms with Crippen LogP contribution >= 0.6 is 0 Å². The van der Waals surface area contributed by atoms with Gasteiger partial charge in [0.25, 0.3) is 0 Å². The summed E-state index contributed by atoms with van der Waals surface area (Å²) < 4.78 is 5.53. The highest BCUT2D eigenvalue weighted by molar-refractivity contribution is 5.74. The standard InChI is InChI=1S/C13H20N2O3/c1-8-6-11(10(3)18-8)9(2)15-5-4-14-7-12(15)13(16)17/h6,9,12,14H,4-5,7H2,1-3H3,(H,16,17). The Morgan fingerprint density at radius 2 is 2.33 bits per heavy atom. The molecule has 0 bridgehead atoms. The van der Waals surface area contributed by atoms with E-state index in [4.69, 9.17) is 4.42 Å². The van der Waals surface area contributed by atoms with Crippen LogP contribution in [0.2, 0.25) is 0 Å². The zero-order chi connectivity index (χ0) is 13.3. The largest absolute Gasteiger partial charge is 0.480 e. The van der Waals surface area contributed by atoms with Gasteiger partial charge in [-0.2, -0.15) is 0 Å². The van der Waals surface area contributed by atoms with Crippen molar-refractivity contribution in [2.45, 2.75) is 32.9 Å². The van der Waals surface area contributed by atoms with E-state index in [0.29, 0.717) is 6.54 Å². The number of aryl methyl sites for hydroxylation is 2. The summed E-state index contributed by atoms with van der Waals surface area (Å²) in [6.45, 7) is 7.94. The van der Waals surface area contributed by atoms with Gasteiger partial charge >= 0.3 is 5.97 Å². The first kappa shape index (κ1) is 13.1. The first-order valence-corrected chi connectivity index (χ1v) is 6.27. The molecule has 2 heterocycles. The Kier molecular flexibility index (Phi) is 3.73. The Labute approximate surface area is 107 Å². The van der Waals surface area contributed by atoms with Crippen LogP contribution in [0.1, 0.15) is 30.0 Å². The zero-order valence-corrected chi connectivity index (χ0v) is 11.1. The van der Waals surface area contributed by atoms with Crippen molar-refractivity contribution in [1.29, 1.82) is 0 Å². The van der Waals surface area contributed by atoms with Gasteiger partial charge in [0.15, 0.2) is 0 Å². The minimum Gasteiger partial charge on any atom is -0.480 e. The van der Waals surface area contributed by atoms with Crippen LogP contribution < -0.4 is 5.32 Å². The van der Waals surface area contributed by atoms with Gasteiger partial charge in [0, 0.05) is 31.2 Å². The van der Waals surface area contributed by atoms with Crippen molar-refractivity contribution in [2.75, 3.05) is 19.6 Å². The van der Waals surface area contributed by atoms with Gasteiger partial charge in [0.2, 0.25) is 0 Å². The Hall–Kier alpha value is -1.33. The number of nitrogens with one attached hydrogen (secondary N) is 1. The van der Waals surface area contributed by atoms with Crippen LogP contribution in [-0.2, 0) is 4.79 Å². The van der Waals surface area contributed by atoms with Crippen molar-refractivity contribution in [1.82, 2.24) is 10.2 Å². The summed E-state index contributed by atoms with van der Waals surface area (Å²) in [4.78, 5) is 13.3. The quantitative estimate of drug-likeness (QED) is 0.849. The lowest BCUT2D eigenvalue weighted by Crippen LogP contribution is -2.55. The van der Waals surface area contributed by atoms with Crippen LogP contribution in [0.4, 0.5) is 0 Å². The van der Waals surface area contributed by atoms with Gasteiger partial charge in [-0.1, -0.05) is 0 Å². The Balaban J connectivity index is 2.23. The van der Waals surface area contributed by atoms with E-state index in [-0.39, 0.29) is 6.04 Å². The van der Waals surface area contributed by atoms with E-state index < -0.39 is 12.0 Å². The van der Waals surface area contributed by atoms with Gasteiger partial charge in [-0.3, -0.25) is 9.69 Å². The number of carboxylic acid groups (broad SMARTS) is 1. The molecule has 1 fully saturated rings. The Morgan fingerprint density at radius 1 is 1.61 bits per heavy atom. The summed E-state index contributed by atoms with van der Waals surface area (Å²) >= 11 is 0. The summed E-state index contributed by atoms with van der Waals surface area (Å²) in [5, 5.41) is 12.4. The molecular weight excluding hydrogens is 232 g/mol. The molecule has 2 unspecified atom stereocenters. The normalized spacial score (nSPS) is 22.9. The van der Waals surface area contributed by atoms with Crippen molar-refractivity contribution in [3.05, 3.63) is 23.2 Å². The maximum absolute atomic E-state index is 11.3. The second-order valence-electron chi connectivity index (χ2n) is 4.84. The molecule has 5 nitrogen and oxygen atoms in total. The molecular formula is C13H20N2O3. The van der Waals surface area contributed by atoms with Crippen molar-refractivity contribution < 1.29 is 14.3 Å². The van der Waals surface area contributed by atoms with Gasteiger partial charge in [-0.05, 0) is 26.8 Å². The molecule has 1 aliphatic rings. The van der Waals surface area contributed by atoms with Gasteiger partial charge in [0.1, 0.15) is 17.6 Å². The molecule has 100 valence electrons. The van der Waals surface area contributed by atoms with Crippen molar-refractivity contribution in [3.8, 4) is 0 Å². The molecule has 1 aromatic rings. The van der Waals surface area contributed by atoms with E-state index in [9.17, 15) is 9.90 Å². The third kappa shape index (κ3) is 2.42. The lowest BCUT2D eigenvalue weighted by molar-refractivity contribution is -0.145. The molecule has 5 heteroatoms. The van der Waals surface area contributed by atoms with Crippen LogP contribution in [0.5, 0.6) is 0 Å². The molecule has 0 radical (unpaired) electrons. The molecule has 18 heavy (non-hydrogen) atoms. The molecule has 1 aliphatic heterocycles. The second-order valence-corrected chi connectivity index (χ2v) is 4.84. The van der Waals surface area contributed by atoms with Crippen LogP contribution in [-0.4, -0.2) is 41.7 Å². The lowest BCUT2D eigenvalue weighted by atomic mass is 10.0. The van der Waals surface area contributed by atoms with E-state index >= 15 is 0 Å². The summed E-state index contributed by atoms with van der Waals surface area (Å²) in [5.74, 6) is 0.978. The maximum atomic E-state index is 11.3. The van der Waals surface area contributed by atoms with Crippen molar-refractivity contribution >= 4 is 5.97 Å². The summed E-state index contributed by atoms with van der Waals surface area (Å²) in [5.41, 5.74) is 1.08. The molecule has 2 rings (SSSR count). The fraction of sp³-hybridized carbons (Fsp3) is 0.615. The van der Waals surface area contributed by atoms with Crippen LogP contribution in [0, 0.1) is 13.8 Å². The number of aliphatic carboxylic acids is 1. The van der Waals surface area contributed by atoms with E-state index in [1.54, 1.807) is 0 Å². The fourth-order valence-corrected chi connectivity index (χ4v) is 2.66. The Morgan fingerprint density at radius 3 is 2.89 bits per heavy atom. The predicted molar refractivity (Wildman–Crippen MR) is 67.6 cm³/mol. The number of carboxylic acids is 1. The first-order chi connectivity index (χ1) is 8.50. The number of hydrogen-bond acceptors (Lipinski definition) is 4. The van der Waals surface area contributed by atoms with Crippen LogP contribution in [0.25, 0.3) is 0 Å². The summed E-state index contributed by atoms with van der Waals surface area (Å²) in [6.07, 6.45) is 0. The second kappa shape index (κ2) is 5.12. The number of furan rings is 1.